The molecule has 1 atom stereocenters. The highest BCUT2D eigenvalue weighted by molar-refractivity contribution is 5.69. The number of likely N-dealkylation sites (tertiary alicyclic amines) is 1. The molecule has 0 aromatic carbocycles. The fraction of sp³-hybridized carbons (Fsp3) is 0.769. The molecule has 0 aliphatic carbocycles. The van der Waals surface area contributed by atoms with Crippen molar-refractivity contribution in [1.29, 1.82) is 0 Å². The second-order valence-corrected chi connectivity index (χ2v) is 5.73. The highest BCUT2D eigenvalue weighted by Gasteiger charge is 2.48. The minimum atomic E-state index is -0.469. The van der Waals surface area contributed by atoms with E-state index in [0.29, 0.717) is 19.7 Å². The predicted molar refractivity (Wildman–Crippen MR) is 66.2 cm³/mol. The van der Waals surface area contributed by atoms with Crippen LogP contribution in [0.2, 0.25) is 0 Å². The van der Waals surface area contributed by atoms with Crippen molar-refractivity contribution in [2.75, 3.05) is 26.8 Å². The Morgan fingerprint density at radius 3 is 2.83 bits per heavy atom. The summed E-state index contributed by atoms with van der Waals surface area (Å²) >= 11 is 0. The molecule has 2 heterocycles. The fourth-order valence-corrected chi connectivity index (χ4v) is 2.39. The van der Waals surface area contributed by atoms with Crippen molar-refractivity contribution >= 4 is 6.09 Å². The standard InChI is InChI=1S/C13H21NO4/c1-12(2,3)18-11(15)14-7-6-13(9-14)10(16-4)5-8-17-13/h5H,6-9H2,1-4H3. The van der Waals surface area contributed by atoms with Crippen LogP contribution in [0.3, 0.4) is 0 Å². The van der Waals surface area contributed by atoms with Gasteiger partial charge in [0.1, 0.15) is 17.0 Å². The molecule has 5 nitrogen and oxygen atoms in total. The molecule has 0 aromatic rings. The van der Waals surface area contributed by atoms with Crippen LogP contribution in [0.15, 0.2) is 11.8 Å². The lowest BCUT2D eigenvalue weighted by atomic mass is 10.0. The van der Waals surface area contributed by atoms with Crippen molar-refractivity contribution in [2.24, 2.45) is 0 Å². The SMILES string of the molecule is COC1=CCOC12CCN(C(=O)OC(C)(C)C)C2. The summed E-state index contributed by atoms with van der Waals surface area (Å²) in [6, 6.07) is 0. The molecule has 1 amide bonds. The van der Waals surface area contributed by atoms with E-state index in [1.807, 2.05) is 26.8 Å². The van der Waals surface area contributed by atoms with Crippen LogP contribution < -0.4 is 0 Å². The molecule has 2 aliphatic heterocycles. The number of hydrogen-bond donors (Lipinski definition) is 0. The third-order valence-corrected chi connectivity index (χ3v) is 3.18. The van der Waals surface area contributed by atoms with E-state index >= 15 is 0 Å². The Bertz CT molecular complexity index is 372. The average Bonchev–Trinajstić information content (AvgIpc) is 2.84. The van der Waals surface area contributed by atoms with Gasteiger partial charge in [-0.25, -0.2) is 4.79 Å². The summed E-state index contributed by atoms with van der Waals surface area (Å²) in [5.41, 5.74) is -0.922. The van der Waals surface area contributed by atoms with E-state index in [4.69, 9.17) is 14.2 Å². The second-order valence-electron chi connectivity index (χ2n) is 5.73. The molecule has 2 rings (SSSR count). The number of rotatable bonds is 1. The Morgan fingerprint density at radius 1 is 1.50 bits per heavy atom. The maximum absolute atomic E-state index is 12.0. The summed E-state index contributed by atoms with van der Waals surface area (Å²) in [7, 11) is 1.64. The van der Waals surface area contributed by atoms with Crippen molar-refractivity contribution in [1.82, 2.24) is 4.90 Å². The van der Waals surface area contributed by atoms with Gasteiger partial charge in [0.25, 0.3) is 0 Å². The lowest BCUT2D eigenvalue weighted by molar-refractivity contribution is -0.0116. The normalized spacial score (nSPS) is 27.6. The van der Waals surface area contributed by atoms with Gasteiger partial charge in [-0.2, -0.15) is 0 Å². The molecule has 1 unspecified atom stereocenters. The van der Waals surface area contributed by atoms with E-state index in [0.717, 1.165) is 12.2 Å². The van der Waals surface area contributed by atoms with E-state index in [-0.39, 0.29) is 6.09 Å². The Hall–Kier alpha value is -1.23. The number of hydrogen-bond acceptors (Lipinski definition) is 4. The van der Waals surface area contributed by atoms with Gasteiger partial charge in [0, 0.05) is 13.0 Å². The zero-order valence-electron chi connectivity index (χ0n) is 11.5. The molecule has 1 fully saturated rings. The van der Waals surface area contributed by atoms with Crippen LogP contribution in [0.1, 0.15) is 27.2 Å². The van der Waals surface area contributed by atoms with Crippen LogP contribution in [-0.2, 0) is 14.2 Å². The first-order chi connectivity index (χ1) is 8.36. The molecule has 18 heavy (non-hydrogen) atoms. The van der Waals surface area contributed by atoms with Crippen molar-refractivity contribution in [2.45, 2.75) is 38.4 Å². The van der Waals surface area contributed by atoms with Crippen LogP contribution in [0.4, 0.5) is 4.79 Å². The minimum absolute atomic E-state index is 0.287. The number of amides is 1. The molecule has 1 saturated heterocycles. The molecule has 1 spiro atoms. The second kappa shape index (κ2) is 4.46. The highest BCUT2D eigenvalue weighted by atomic mass is 16.6. The zero-order valence-corrected chi connectivity index (χ0v) is 11.5. The van der Waals surface area contributed by atoms with Gasteiger partial charge >= 0.3 is 6.09 Å². The molecular formula is C13H21NO4. The Balaban J connectivity index is 2.01. The minimum Gasteiger partial charge on any atom is -0.498 e. The van der Waals surface area contributed by atoms with Crippen molar-refractivity contribution in [3.8, 4) is 0 Å². The summed E-state index contributed by atoms with van der Waals surface area (Å²) in [5, 5.41) is 0. The van der Waals surface area contributed by atoms with Crippen LogP contribution in [0, 0.1) is 0 Å². The molecule has 5 heteroatoms. The van der Waals surface area contributed by atoms with E-state index < -0.39 is 11.2 Å². The molecule has 102 valence electrons. The molecule has 0 saturated carbocycles. The van der Waals surface area contributed by atoms with Crippen LogP contribution in [-0.4, -0.2) is 49.0 Å². The maximum atomic E-state index is 12.0. The first-order valence-electron chi connectivity index (χ1n) is 6.23. The van der Waals surface area contributed by atoms with Gasteiger partial charge in [-0.15, -0.1) is 0 Å². The molecule has 0 bridgehead atoms. The molecule has 2 aliphatic rings. The first-order valence-corrected chi connectivity index (χ1v) is 6.23. The number of nitrogens with zero attached hydrogens (tertiary/aromatic N) is 1. The van der Waals surface area contributed by atoms with Crippen molar-refractivity contribution in [3.05, 3.63) is 11.8 Å². The van der Waals surface area contributed by atoms with Gasteiger partial charge in [0.05, 0.1) is 20.3 Å². The van der Waals surface area contributed by atoms with Crippen LogP contribution in [0.25, 0.3) is 0 Å². The van der Waals surface area contributed by atoms with Gasteiger partial charge < -0.3 is 19.1 Å². The third-order valence-electron chi connectivity index (χ3n) is 3.18. The highest BCUT2D eigenvalue weighted by Crippen LogP contribution is 2.37. The molecule has 0 radical (unpaired) electrons. The Kier molecular flexibility index (Phi) is 3.27. The summed E-state index contributed by atoms with van der Waals surface area (Å²) in [4.78, 5) is 13.7. The Morgan fingerprint density at radius 2 is 2.22 bits per heavy atom. The van der Waals surface area contributed by atoms with E-state index in [2.05, 4.69) is 0 Å². The molecule has 0 N–H and O–H groups in total. The van der Waals surface area contributed by atoms with Crippen molar-refractivity contribution in [3.63, 3.8) is 0 Å². The maximum Gasteiger partial charge on any atom is 0.410 e. The first kappa shape index (κ1) is 13.2. The molecular weight excluding hydrogens is 234 g/mol. The topological polar surface area (TPSA) is 48.0 Å². The lowest BCUT2D eigenvalue weighted by Crippen LogP contribution is -2.40. The largest absolute Gasteiger partial charge is 0.498 e. The lowest BCUT2D eigenvalue weighted by Gasteiger charge is -2.27. The third kappa shape index (κ3) is 2.46. The monoisotopic (exact) mass is 255 g/mol. The summed E-state index contributed by atoms with van der Waals surface area (Å²) in [5.74, 6) is 0.827. The zero-order chi connectivity index (χ0) is 13.4. The molecule has 0 aromatic heterocycles. The number of ether oxygens (including phenoxy) is 3. The van der Waals surface area contributed by atoms with Gasteiger partial charge in [-0.05, 0) is 26.8 Å². The summed E-state index contributed by atoms with van der Waals surface area (Å²) < 4.78 is 16.4. The smallest absolute Gasteiger partial charge is 0.410 e. The van der Waals surface area contributed by atoms with E-state index in [9.17, 15) is 4.79 Å². The summed E-state index contributed by atoms with van der Waals surface area (Å²) in [6.45, 7) is 7.28. The number of methoxy groups -OCH3 is 1. The quantitative estimate of drug-likeness (QED) is 0.718. The van der Waals surface area contributed by atoms with Crippen LogP contribution >= 0.6 is 0 Å². The van der Waals surface area contributed by atoms with Gasteiger partial charge in [-0.1, -0.05) is 0 Å². The Labute approximate surface area is 108 Å². The average molecular weight is 255 g/mol. The number of carbonyl (C=O) groups is 1. The van der Waals surface area contributed by atoms with Crippen molar-refractivity contribution < 1.29 is 19.0 Å². The number of carbonyl (C=O) groups excluding carboxylic acids is 1. The van der Waals surface area contributed by atoms with Gasteiger partial charge in [0.2, 0.25) is 0 Å². The van der Waals surface area contributed by atoms with Crippen LogP contribution in [0.5, 0.6) is 0 Å². The van der Waals surface area contributed by atoms with E-state index in [1.54, 1.807) is 12.0 Å². The summed E-state index contributed by atoms with van der Waals surface area (Å²) in [6.07, 6.45) is 2.40. The predicted octanol–water partition coefficient (Wildman–Crippen LogP) is 1.93. The van der Waals surface area contributed by atoms with E-state index in [1.165, 1.54) is 0 Å². The van der Waals surface area contributed by atoms with Gasteiger partial charge in [-0.3, -0.25) is 0 Å². The fourth-order valence-electron chi connectivity index (χ4n) is 2.39. The van der Waals surface area contributed by atoms with Gasteiger partial charge in [0.15, 0.2) is 0 Å².